The number of carbonyl (C=O) groups is 2. The minimum absolute atomic E-state index is 0. The summed E-state index contributed by atoms with van der Waals surface area (Å²) in [4.78, 5) is 26.3. The second-order valence-electron chi connectivity index (χ2n) is 6.99. The summed E-state index contributed by atoms with van der Waals surface area (Å²) in [5.41, 5.74) is 5.69. The first-order valence-electron chi connectivity index (χ1n) is 8.29. The molecule has 1 unspecified atom stereocenters. The lowest BCUT2D eigenvalue weighted by atomic mass is 10.0. The third-order valence-electron chi connectivity index (χ3n) is 3.99. The number of likely N-dealkylation sites (N-methyl/N-ethyl adjacent to an activating group) is 1. The highest BCUT2D eigenvalue weighted by Crippen LogP contribution is 2.11. The summed E-state index contributed by atoms with van der Waals surface area (Å²) in [5.74, 6) is 0.220. The predicted molar refractivity (Wildman–Crippen MR) is 105 cm³/mol. The molecule has 0 bridgehead atoms. The Morgan fingerprint density at radius 1 is 1.20 bits per heavy atom. The van der Waals surface area contributed by atoms with Crippen molar-refractivity contribution < 1.29 is 9.59 Å². The Balaban J connectivity index is 0.00000576. The van der Waals surface area contributed by atoms with Gasteiger partial charge in [-0.2, -0.15) is 0 Å². The van der Waals surface area contributed by atoms with E-state index < -0.39 is 11.6 Å². The lowest BCUT2D eigenvalue weighted by Gasteiger charge is -2.31. The molecule has 0 aliphatic heterocycles. The SMILES string of the molecule is CC(C)C(N)CCN(C)C(=O)C(C)(C)NC(=O)Nc1ccccc1.Cl. The minimum Gasteiger partial charge on any atom is -0.344 e. The highest BCUT2D eigenvalue weighted by atomic mass is 35.5. The van der Waals surface area contributed by atoms with E-state index in [0.717, 1.165) is 6.42 Å². The molecule has 1 aromatic rings. The summed E-state index contributed by atoms with van der Waals surface area (Å²) < 4.78 is 0. The van der Waals surface area contributed by atoms with Gasteiger partial charge in [-0.15, -0.1) is 12.4 Å². The lowest BCUT2D eigenvalue weighted by molar-refractivity contribution is -0.135. The van der Waals surface area contributed by atoms with Crippen LogP contribution in [0.5, 0.6) is 0 Å². The number of nitrogens with two attached hydrogens (primary N) is 1. The van der Waals surface area contributed by atoms with E-state index >= 15 is 0 Å². The molecule has 0 aliphatic rings. The van der Waals surface area contributed by atoms with Crippen molar-refractivity contribution >= 4 is 30.0 Å². The van der Waals surface area contributed by atoms with Gasteiger partial charge in [-0.3, -0.25) is 4.79 Å². The molecule has 1 atom stereocenters. The van der Waals surface area contributed by atoms with Crippen molar-refractivity contribution in [2.75, 3.05) is 18.9 Å². The molecule has 7 heteroatoms. The van der Waals surface area contributed by atoms with Crippen LogP contribution in [0.15, 0.2) is 30.3 Å². The van der Waals surface area contributed by atoms with Gasteiger partial charge in [0.25, 0.3) is 0 Å². The van der Waals surface area contributed by atoms with Crippen molar-refractivity contribution in [3.05, 3.63) is 30.3 Å². The summed E-state index contributed by atoms with van der Waals surface area (Å²) >= 11 is 0. The lowest BCUT2D eigenvalue weighted by Crippen LogP contribution is -2.56. The zero-order valence-electron chi connectivity index (χ0n) is 15.7. The normalized spacial score (nSPS) is 12.1. The van der Waals surface area contributed by atoms with Gasteiger partial charge in [0, 0.05) is 25.3 Å². The van der Waals surface area contributed by atoms with Crippen molar-refractivity contribution in [1.82, 2.24) is 10.2 Å². The third kappa shape index (κ3) is 7.75. The Labute approximate surface area is 156 Å². The second-order valence-corrected chi connectivity index (χ2v) is 6.99. The zero-order valence-corrected chi connectivity index (χ0v) is 16.5. The topological polar surface area (TPSA) is 87.5 Å². The quantitative estimate of drug-likeness (QED) is 0.689. The highest BCUT2D eigenvalue weighted by molar-refractivity contribution is 5.95. The number of carbonyl (C=O) groups excluding carboxylic acids is 2. The van der Waals surface area contributed by atoms with Crippen molar-refractivity contribution in [3.8, 4) is 0 Å². The number of para-hydroxylation sites is 1. The first-order valence-corrected chi connectivity index (χ1v) is 8.29. The Morgan fingerprint density at radius 2 is 1.76 bits per heavy atom. The largest absolute Gasteiger partial charge is 0.344 e. The number of halogens is 1. The number of amides is 3. The summed E-state index contributed by atoms with van der Waals surface area (Å²) in [6.45, 7) is 8.07. The van der Waals surface area contributed by atoms with Gasteiger partial charge < -0.3 is 21.3 Å². The Bertz CT molecular complexity index is 549. The van der Waals surface area contributed by atoms with Crippen LogP contribution in [-0.4, -0.2) is 42.0 Å². The van der Waals surface area contributed by atoms with Crippen LogP contribution in [0.1, 0.15) is 34.1 Å². The van der Waals surface area contributed by atoms with Crippen LogP contribution >= 0.6 is 12.4 Å². The van der Waals surface area contributed by atoms with Crippen LogP contribution in [0.4, 0.5) is 10.5 Å². The van der Waals surface area contributed by atoms with Gasteiger partial charge in [-0.1, -0.05) is 32.0 Å². The first-order chi connectivity index (χ1) is 11.1. The fourth-order valence-electron chi connectivity index (χ4n) is 2.28. The summed E-state index contributed by atoms with van der Waals surface area (Å²) in [6, 6.07) is 8.74. The standard InChI is InChI=1S/C18H30N4O2.ClH/c1-13(2)15(19)11-12-22(5)16(23)18(3,4)21-17(24)20-14-9-7-6-8-10-14;/h6-10,13,15H,11-12,19H2,1-5H3,(H2,20,21,24);1H. The molecule has 0 aromatic heterocycles. The number of nitrogens with one attached hydrogen (secondary N) is 2. The van der Waals surface area contributed by atoms with E-state index in [2.05, 4.69) is 24.5 Å². The Kier molecular flexibility index (Phi) is 9.52. The van der Waals surface area contributed by atoms with E-state index in [1.165, 1.54) is 0 Å². The minimum atomic E-state index is -1.00. The van der Waals surface area contributed by atoms with Gasteiger partial charge in [0.05, 0.1) is 0 Å². The van der Waals surface area contributed by atoms with E-state index in [0.29, 0.717) is 18.2 Å². The second kappa shape index (κ2) is 10.3. The maximum Gasteiger partial charge on any atom is 0.320 e. The first kappa shape index (κ1) is 23.2. The van der Waals surface area contributed by atoms with Gasteiger partial charge in [0.2, 0.25) is 5.91 Å². The number of nitrogens with zero attached hydrogens (tertiary/aromatic N) is 1. The average molecular weight is 371 g/mol. The van der Waals surface area contributed by atoms with E-state index in [1.54, 1.807) is 37.9 Å². The van der Waals surface area contributed by atoms with Crippen molar-refractivity contribution in [2.24, 2.45) is 11.7 Å². The highest BCUT2D eigenvalue weighted by Gasteiger charge is 2.32. The fraction of sp³-hybridized carbons (Fsp3) is 0.556. The monoisotopic (exact) mass is 370 g/mol. The molecule has 6 nitrogen and oxygen atoms in total. The van der Waals surface area contributed by atoms with Gasteiger partial charge in [0.15, 0.2) is 0 Å². The molecule has 1 aromatic carbocycles. The molecule has 4 N–H and O–H groups in total. The zero-order chi connectivity index (χ0) is 18.3. The molecule has 0 radical (unpaired) electrons. The number of rotatable bonds is 7. The van der Waals surface area contributed by atoms with Crippen LogP contribution in [0.3, 0.4) is 0 Å². The number of urea groups is 1. The molecule has 3 amide bonds. The van der Waals surface area contributed by atoms with Gasteiger partial charge in [-0.05, 0) is 38.3 Å². The van der Waals surface area contributed by atoms with E-state index in [1.807, 2.05) is 18.2 Å². The van der Waals surface area contributed by atoms with Gasteiger partial charge in [0.1, 0.15) is 5.54 Å². The van der Waals surface area contributed by atoms with Crippen LogP contribution in [0.25, 0.3) is 0 Å². The molecule has 0 aliphatic carbocycles. The Hall–Kier alpha value is -1.79. The molecule has 25 heavy (non-hydrogen) atoms. The van der Waals surface area contributed by atoms with Crippen LogP contribution in [0, 0.1) is 5.92 Å². The maximum absolute atomic E-state index is 12.6. The van der Waals surface area contributed by atoms with Crippen molar-refractivity contribution in [3.63, 3.8) is 0 Å². The fourth-order valence-corrected chi connectivity index (χ4v) is 2.28. The molecule has 1 rings (SSSR count). The molecular weight excluding hydrogens is 340 g/mol. The predicted octanol–water partition coefficient (Wildman–Crippen LogP) is 2.84. The van der Waals surface area contributed by atoms with Crippen molar-refractivity contribution in [2.45, 2.75) is 45.7 Å². The summed E-state index contributed by atoms with van der Waals surface area (Å²) in [7, 11) is 1.73. The summed E-state index contributed by atoms with van der Waals surface area (Å²) in [5, 5.41) is 5.44. The molecule has 0 saturated heterocycles. The smallest absolute Gasteiger partial charge is 0.320 e. The molecule has 0 heterocycles. The molecule has 0 fully saturated rings. The average Bonchev–Trinajstić information content (AvgIpc) is 2.51. The van der Waals surface area contributed by atoms with Crippen LogP contribution < -0.4 is 16.4 Å². The molecule has 0 spiro atoms. The number of anilines is 1. The van der Waals surface area contributed by atoms with E-state index in [9.17, 15) is 9.59 Å². The van der Waals surface area contributed by atoms with E-state index in [-0.39, 0.29) is 24.4 Å². The molecule has 0 saturated carbocycles. The summed E-state index contributed by atoms with van der Waals surface area (Å²) in [6.07, 6.45) is 0.728. The Morgan fingerprint density at radius 3 is 2.28 bits per heavy atom. The van der Waals surface area contributed by atoms with Crippen molar-refractivity contribution in [1.29, 1.82) is 0 Å². The third-order valence-corrected chi connectivity index (χ3v) is 3.99. The van der Waals surface area contributed by atoms with E-state index in [4.69, 9.17) is 5.73 Å². The van der Waals surface area contributed by atoms with Crippen LogP contribution in [0.2, 0.25) is 0 Å². The van der Waals surface area contributed by atoms with Gasteiger partial charge in [-0.25, -0.2) is 4.79 Å². The molecular formula is C18H31ClN4O2. The maximum atomic E-state index is 12.6. The number of hydrogen-bond donors (Lipinski definition) is 3. The number of hydrogen-bond acceptors (Lipinski definition) is 3. The van der Waals surface area contributed by atoms with Gasteiger partial charge >= 0.3 is 6.03 Å². The molecule has 142 valence electrons. The number of benzene rings is 1. The van der Waals surface area contributed by atoms with Crippen LogP contribution in [-0.2, 0) is 4.79 Å².